The van der Waals surface area contributed by atoms with Crippen molar-refractivity contribution in [1.82, 2.24) is 14.8 Å². The van der Waals surface area contributed by atoms with Crippen molar-refractivity contribution in [2.45, 2.75) is 39.2 Å². The van der Waals surface area contributed by atoms with Gasteiger partial charge < -0.3 is 10.1 Å². The second-order valence-electron chi connectivity index (χ2n) is 8.50. The molecule has 2 aromatic carbocycles. The van der Waals surface area contributed by atoms with Gasteiger partial charge in [-0.05, 0) is 55.9 Å². The highest BCUT2D eigenvalue weighted by Crippen LogP contribution is 2.43. The van der Waals surface area contributed by atoms with Crippen LogP contribution in [0.25, 0.3) is 11.0 Å². The second-order valence-corrected chi connectivity index (χ2v) is 8.50. The van der Waals surface area contributed by atoms with E-state index in [-0.39, 0.29) is 29.6 Å². The Hall–Kier alpha value is -4.27. The number of nitro benzene ring substituents is 1. The van der Waals surface area contributed by atoms with Gasteiger partial charge in [-0.25, -0.2) is 9.67 Å². The number of para-hydroxylation sites is 1. The van der Waals surface area contributed by atoms with Crippen LogP contribution in [0.5, 0.6) is 11.5 Å². The Labute approximate surface area is 195 Å². The van der Waals surface area contributed by atoms with E-state index in [1.807, 2.05) is 38.1 Å². The van der Waals surface area contributed by atoms with Gasteiger partial charge in [-0.15, -0.1) is 0 Å². The predicted octanol–water partition coefficient (Wildman–Crippen LogP) is 5.26. The lowest BCUT2D eigenvalue weighted by Crippen LogP contribution is -2.20. The monoisotopic (exact) mass is 457 g/mol. The number of aryl methyl sites for hydroxylation is 2. The first-order valence-electron chi connectivity index (χ1n) is 11.0. The molecule has 0 radical (unpaired) electrons. The number of ether oxygens (including phenoxy) is 1. The van der Waals surface area contributed by atoms with E-state index >= 15 is 0 Å². The molecule has 5 rings (SSSR count). The van der Waals surface area contributed by atoms with E-state index in [1.165, 1.54) is 17.7 Å². The quantitative estimate of drug-likeness (QED) is 0.299. The average Bonchev–Trinajstić information content (AvgIpc) is 3.60. The van der Waals surface area contributed by atoms with E-state index in [1.54, 1.807) is 23.0 Å². The summed E-state index contributed by atoms with van der Waals surface area (Å²) in [5.41, 5.74) is 3.70. The summed E-state index contributed by atoms with van der Waals surface area (Å²) in [7, 11) is 0. The number of nitro groups is 1. The first-order valence-corrected chi connectivity index (χ1v) is 11.0. The van der Waals surface area contributed by atoms with Gasteiger partial charge in [0.1, 0.15) is 18.0 Å². The van der Waals surface area contributed by atoms with Crippen LogP contribution in [0.1, 0.15) is 35.6 Å². The molecule has 1 amide bonds. The van der Waals surface area contributed by atoms with Crippen LogP contribution in [-0.2, 0) is 11.3 Å². The van der Waals surface area contributed by atoms with Crippen LogP contribution in [0.4, 0.5) is 11.4 Å². The van der Waals surface area contributed by atoms with Crippen LogP contribution in [0.2, 0.25) is 0 Å². The first-order chi connectivity index (χ1) is 16.4. The van der Waals surface area contributed by atoms with E-state index in [0.717, 1.165) is 29.5 Å². The molecule has 9 heteroatoms. The summed E-state index contributed by atoms with van der Waals surface area (Å²) >= 11 is 0. The summed E-state index contributed by atoms with van der Waals surface area (Å²) in [6.07, 6.45) is 4.06. The number of rotatable bonds is 7. The number of carbonyl (C=O) groups is 1. The fraction of sp³-hybridized carbons (Fsp3) is 0.240. The molecule has 1 aliphatic rings. The van der Waals surface area contributed by atoms with Gasteiger partial charge in [0.2, 0.25) is 5.91 Å². The van der Waals surface area contributed by atoms with Crippen molar-refractivity contribution in [3.05, 3.63) is 81.7 Å². The van der Waals surface area contributed by atoms with Crippen LogP contribution < -0.4 is 10.1 Å². The Bertz CT molecular complexity index is 1420. The summed E-state index contributed by atoms with van der Waals surface area (Å²) in [4.78, 5) is 28.2. The number of nitrogens with one attached hydrogen (secondary N) is 1. The molecule has 2 aromatic heterocycles. The number of aromatic nitrogens is 3. The molecule has 0 atom stereocenters. The zero-order chi connectivity index (χ0) is 23.8. The highest BCUT2D eigenvalue weighted by molar-refractivity contribution is 5.92. The van der Waals surface area contributed by atoms with Gasteiger partial charge in [-0.3, -0.25) is 14.9 Å². The van der Waals surface area contributed by atoms with Gasteiger partial charge in [-0.1, -0.05) is 18.2 Å². The first kappa shape index (κ1) is 21.6. The molecule has 0 saturated heterocycles. The number of pyridine rings is 1. The lowest BCUT2D eigenvalue weighted by Gasteiger charge is -2.11. The third kappa shape index (κ3) is 4.32. The molecule has 1 saturated carbocycles. The van der Waals surface area contributed by atoms with Gasteiger partial charge in [0.25, 0.3) is 5.69 Å². The van der Waals surface area contributed by atoms with Gasteiger partial charge in [0, 0.05) is 23.7 Å². The number of hydrogen-bond donors (Lipinski definition) is 1. The average molecular weight is 457 g/mol. The summed E-state index contributed by atoms with van der Waals surface area (Å²) in [6.45, 7) is 3.73. The van der Waals surface area contributed by atoms with Crippen molar-refractivity contribution < 1.29 is 14.5 Å². The maximum Gasteiger partial charge on any atom is 0.275 e. The number of carbonyl (C=O) groups excluding carboxylic acids is 1. The van der Waals surface area contributed by atoms with Crippen molar-refractivity contribution in [3.8, 4) is 11.5 Å². The topological polar surface area (TPSA) is 112 Å². The van der Waals surface area contributed by atoms with Crippen LogP contribution in [0.15, 0.2) is 54.7 Å². The number of anilines is 1. The standard InChI is InChI=1S/C25H23N5O4/c1-15-5-3-4-6-22(15)34-20-12-18(11-19(13-20)30(32)33)27-23(31)14-29-25-24(16(2)28-29)21(9-10-26-25)17-7-8-17/h3-6,9-13,17H,7-8,14H2,1-2H3,(H,27,31). The Morgan fingerprint density at radius 2 is 2.00 bits per heavy atom. The summed E-state index contributed by atoms with van der Waals surface area (Å²) in [5.74, 6) is 1.00. The number of benzene rings is 2. The lowest BCUT2D eigenvalue weighted by molar-refractivity contribution is -0.384. The van der Waals surface area contributed by atoms with Crippen molar-refractivity contribution in [2.24, 2.45) is 0 Å². The normalized spacial score (nSPS) is 13.1. The van der Waals surface area contributed by atoms with Crippen LogP contribution >= 0.6 is 0 Å². The van der Waals surface area contributed by atoms with Gasteiger partial charge in [0.15, 0.2) is 5.65 Å². The SMILES string of the molecule is Cc1ccccc1Oc1cc(NC(=O)Cn2nc(C)c3c(C4CC4)ccnc32)cc([N+](=O)[O-])c1. The van der Waals surface area contributed by atoms with E-state index < -0.39 is 4.92 Å². The Kier molecular flexibility index (Phi) is 5.45. The minimum Gasteiger partial charge on any atom is -0.457 e. The maximum absolute atomic E-state index is 12.9. The summed E-state index contributed by atoms with van der Waals surface area (Å²) in [5, 5.41) is 19.7. The molecule has 34 heavy (non-hydrogen) atoms. The van der Waals surface area contributed by atoms with E-state index in [2.05, 4.69) is 15.4 Å². The Morgan fingerprint density at radius 3 is 2.74 bits per heavy atom. The van der Waals surface area contributed by atoms with Crippen LogP contribution in [0, 0.1) is 24.0 Å². The fourth-order valence-corrected chi connectivity index (χ4v) is 4.11. The fourth-order valence-electron chi connectivity index (χ4n) is 4.11. The molecule has 0 aliphatic heterocycles. The molecular weight excluding hydrogens is 434 g/mol. The molecule has 1 aliphatic carbocycles. The number of amides is 1. The lowest BCUT2D eigenvalue weighted by atomic mass is 10.1. The van der Waals surface area contributed by atoms with Crippen LogP contribution in [-0.4, -0.2) is 25.6 Å². The van der Waals surface area contributed by atoms with Crippen molar-refractivity contribution in [2.75, 3.05) is 5.32 Å². The summed E-state index contributed by atoms with van der Waals surface area (Å²) in [6, 6.07) is 13.6. The molecule has 0 spiro atoms. The zero-order valence-electron chi connectivity index (χ0n) is 18.8. The largest absolute Gasteiger partial charge is 0.457 e. The van der Waals surface area contributed by atoms with E-state index in [4.69, 9.17) is 4.74 Å². The molecule has 172 valence electrons. The Balaban J connectivity index is 1.39. The molecule has 4 aromatic rings. The minimum absolute atomic E-state index is 0.0673. The molecule has 1 N–H and O–H groups in total. The van der Waals surface area contributed by atoms with Crippen molar-refractivity contribution >= 4 is 28.3 Å². The molecular formula is C25H23N5O4. The number of hydrogen-bond acceptors (Lipinski definition) is 6. The van der Waals surface area contributed by atoms with E-state index in [0.29, 0.717) is 17.3 Å². The molecule has 2 heterocycles. The number of nitrogens with zero attached hydrogens (tertiary/aromatic N) is 4. The van der Waals surface area contributed by atoms with Gasteiger partial charge >= 0.3 is 0 Å². The maximum atomic E-state index is 12.9. The molecule has 0 bridgehead atoms. The third-order valence-electron chi connectivity index (χ3n) is 5.86. The molecule has 1 fully saturated rings. The smallest absolute Gasteiger partial charge is 0.275 e. The number of fused-ring (bicyclic) bond motifs is 1. The Morgan fingerprint density at radius 1 is 1.21 bits per heavy atom. The summed E-state index contributed by atoms with van der Waals surface area (Å²) < 4.78 is 7.44. The van der Waals surface area contributed by atoms with Crippen molar-refractivity contribution in [1.29, 1.82) is 0 Å². The highest BCUT2D eigenvalue weighted by atomic mass is 16.6. The molecule has 0 unspecified atom stereocenters. The third-order valence-corrected chi connectivity index (χ3v) is 5.86. The van der Waals surface area contributed by atoms with E-state index in [9.17, 15) is 14.9 Å². The zero-order valence-corrected chi connectivity index (χ0v) is 18.8. The predicted molar refractivity (Wildman–Crippen MR) is 127 cm³/mol. The van der Waals surface area contributed by atoms with Gasteiger partial charge in [-0.2, -0.15) is 5.10 Å². The molecule has 9 nitrogen and oxygen atoms in total. The van der Waals surface area contributed by atoms with Crippen molar-refractivity contribution in [3.63, 3.8) is 0 Å². The second kappa shape index (κ2) is 8.58. The number of non-ortho nitro benzene ring substituents is 1. The highest BCUT2D eigenvalue weighted by Gasteiger charge is 2.27. The van der Waals surface area contributed by atoms with Gasteiger partial charge in [0.05, 0.1) is 22.4 Å². The van der Waals surface area contributed by atoms with Crippen LogP contribution in [0.3, 0.4) is 0 Å². The minimum atomic E-state index is -0.520.